The number of nitrogens with one attached hydrogen (secondary N) is 2. The monoisotopic (exact) mass is 653 g/mol. The number of piperidine rings is 1. The van der Waals surface area contributed by atoms with Gasteiger partial charge in [0.25, 0.3) is 11.8 Å². The molecule has 2 fully saturated rings. The third kappa shape index (κ3) is 8.64. The van der Waals surface area contributed by atoms with Crippen molar-refractivity contribution in [2.24, 2.45) is 0 Å². The minimum Gasteiger partial charge on any atom is -0.489 e. The average Bonchev–Trinajstić information content (AvgIpc) is 3.02. The molecule has 0 bridgehead atoms. The van der Waals surface area contributed by atoms with E-state index in [0.717, 1.165) is 17.8 Å². The van der Waals surface area contributed by atoms with Gasteiger partial charge in [-0.25, -0.2) is 14.2 Å². The molecule has 2 aliphatic heterocycles. The Labute approximate surface area is 272 Å². The highest BCUT2D eigenvalue weighted by atomic mass is 35.5. The second-order valence-electron chi connectivity index (χ2n) is 12.0. The Hall–Kier alpha value is -4.42. The third-order valence-corrected chi connectivity index (χ3v) is 7.64. The van der Waals surface area contributed by atoms with E-state index in [1.54, 1.807) is 17.0 Å². The second-order valence-corrected chi connectivity index (χ2v) is 12.5. The third-order valence-electron chi connectivity index (χ3n) is 7.42. The van der Waals surface area contributed by atoms with E-state index in [0.29, 0.717) is 63.0 Å². The van der Waals surface area contributed by atoms with E-state index in [1.165, 1.54) is 18.3 Å². The molecule has 0 unspecified atom stereocenters. The summed E-state index contributed by atoms with van der Waals surface area (Å²) in [6.07, 6.45) is 1.81. The number of morpholine rings is 1. The number of halogens is 2. The van der Waals surface area contributed by atoms with Gasteiger partial charge in [-0.1, -0.05) is 11.6 Å². The molecular formula is C33H37ClFN5O6. The highest BCUT2D eigenvalue weighted by Crippen LogP contribution is 2.31. The van der Waals surface area contributed by atoms with Crippen LogP contribution in [0.5, 0.6) is 5.75 Å². The maximum atomic E-state index is 14.4. The first-order valence-corrected chi connectivity index (χ1v) is 15.5. The molecule has 3 aromatic rings. The summed E-state index contributed by atoms with van der Waals surface area (Å²) in [6.45, 7) is 8.88. The fourth-order valence-corrected chi connectivity index (χ4v) is 5.23. The molecule has 13 heteroatoms. The molecular weight excluding hydrogens is 617 g/mol. The van der Waals surface area contributed by atoms with Crippen molar-refractivity contribution in [3.8, 4) is 5.75 Å². The van der Waals surface area contributed by atoms with Gasteiger partial charge < -0.3 is 34.6 Å². The Balaban J connectivity index is 1.35. The summed E-state index contributed by atoms with van der Waals surface area (Å²) in [5.74, 6) is -1.24. The van der Waals surface area contributed by atoms with Crippen molar-refractivity contribution in [3.63, 3.8) is 0 Å². The Morgan fingerprint density at radius 1 is 0.935 bits per heavy atom. The van der Waals surface area contributed by atoms with Crippen LogP contribution in [0.15, 0.2) is 54.7 Å². The van der Waals surface area contributed by atoms with E-state index < -0.39 is 23.2 Å². The number of rotatable bonds is 7. The number of amides is 3. The van der Waals surface area contributed by atoms with Crippen LogP contribution in [0.4, 0.5) is 26.4 Å². The summed E-state index contributed by atoms with van der Waals surface area (Å²) in [4.78, 5) is 47.3. The van der Waals surface area contributed by atoms with E-state index in [9.17, 15) is 18.8 Å². The molecule has 0 radical (unpaired) electrons. The lowest BCUT2D eigenvalue weighted by Gasteiger charge is -2.34. The van der Waals surface area contributed by atoms with Gasteiger partial charge in [-0.2, -0.15) is 0 Å². The zero-order valence-electron chi connectivity index (χ0n) is 26.0. The quantitative estimate of drug-likeness (QED) is 0.319. The number of carbonyl (C=O) groups excluding carboxylic acids is 3. The van der Waals surface area contributed by atoms with Gasteiger partial charge >= 0.3 is 6.09 Å². The molecule has 0 saturated carbocycles. The van der Waals surface area contributed by atoms with Crippen molar-refractivity contribution in [3.05, 3.63) is 76.7 Å². The van der Waals surface area contributed by atoms with Crippen molar-refractivity contribution in [1.82, 2.24) is 9.88 Å². The zero-order chi connectivity index (χ0) is 32.8. The number of likely N-dealkylation sites (tertiary alicyclic amines) is 1. The van der Waals surface area contributed by atoms with Gasteiger partial charge in [0.05, 0.1) is 35.1 Å². The van der Waals surface area contributed by atoms with Crippen molar-refractivity contribution in [2.75, 3.05) is 54.9 Å². The van der Waals surface area contributed by atoms with Gasteiger partial charge in [0, 0.05) is 57.0 Å². The molecule has 1 aromatic heterocycles. The number of benzene rings is 2. The Morgan fingerprint density at radius 2 is 1.63 bits per heavy atom. The second kappa shape index (κ2) is 14.3. The molecule has 0 aliphatic carbocycles. The fourth-order valence-electron chi connectivity index (χ4n) is 5.12. The molecule has 11 nitrogen and oxygen atoms in total. The highest BCUT2D eigenvalue weighted by molar-refractivity contribution is 6.30. The molecule has 46 heavy (non-hydrogen) atoms. The van der Waals surface area contributed by atoms with E-state index in [-0.39, 0.29) is 34.8 Å². The number of pyridine rings is 1. The number of hydrogen-bond donors (Lipinski definition) is 2. The van der Waals surface area contributed by atoms with Crippen LogP contribution in [-0.2, 0) is 9.47 Å². The first-order chi connectivity index (χ1) is 21.9. The van der Waals surface area contributed by atoms with Crippen molar-refractivity contribution < 1.29 is 33.0 Å². The smallest absolute Gasteiger partial charge is 0.410 e. The minimum absolute atomic E-state index is 0.0228. The zero-order valence-corrected chi connectivity index (χ0v) is 26.7. The predicted octanol–water partition coefficient (Wildman–Crippen LogP) is 5.99. The molecule has 2 saturated heterocycles. The largest absolute Gasteiger partial charge is 0.489 e. The van der Waals surface area contributed by atoms with Crippen LogP contribution in [-0.4, -0.2) is 78.9 Å². The molecule has 244 valence electrons. The van der Waals surface area contributed by atoms with Crippen LogP contribution in [0, 0.1) is 5.82 Å². The molecule has 0 atom stereocenters. The van der Waals surface area contributed by atoms with Gasteiger partial charge in [-0.3, -0.25) is 9.59 Å². The SMILES string of the molecule is CC(C)(C)OC(=O)N1CCC(Oc2cc(N3CCOCC3)ccc2C(=O)Nc2cc(F)ccc2C(=O)Nc2ccc(Cl)cn2)CC1. The maximum absolute atomic E-state index is 14.4. The Bertz CT molecular complexity index is 1570. The number of ether oxygens (including phenoxy) is 3. The van der Waals surface area contributed by atoms with Crippen LogP contribution < -0.4 is 20.3 Å². The fraction of sp³-hybridized carbons (Fsp3) is 0.394. The van der Waals surface area contributed by atoms with Crippen molar-refractivity contribution >= 4 is 46.7 Å². The number of carbonyl (C=O) groups is 3. The lowest BCUT2D eigenvalue weighted by atomic mass is 10.1. The van der Waals surface area contributed by atoms with Gasteiger partial charge in [0.1, 0.15) is 29.1 Å². The van der Waals surface area contributed by atoms with Crippen LogP contribution in [0.1, 0.15) is 54.3 Å². The van der Waals surface area contributed by atoms with E-state index in [2.05, 4.69) is 20.5 Å². The Kier molecular flexibility index (Phi) is 10.3. The molecule has 2 aromatic carbocycles. The van der Waals surface area contributed by atoms with E-state index >= 15 is 0 Å². The first kappa shape index (κ1) is 33.0. The lowest BCUT2D eigenvalue weighted by Crippen LogP contribution is -2.44. The highest BCUT2D eigenvalue weighted by Gasteiger charge is 2.29. The summed E-state index contributed by atoms with van der Waals surface area (Å²) in [6, 6.07) is 11.9. The van der Waals surface area contributed by atoms with Crippen LogP contribution in [0.25, 0.3) is 0 Å². The van der Waals surface area contributed by atoms with Crippen LogP contribution >= 0.6 is 11.6 Å². The average molecular weight is 654 g/mol. The van der Waals surface area contributed by atoms with E-state index in [4.69, 9.17) is 25.8 Å². The van der Waals surface area contributed by atoms with E-state index in [1.807, 2.05) is 32.9 Å². The number of hydrogen-bond acceptors (Lipinski definition) is 8. The maximum Gasteiger partial charge on any atom is 0.410 e. The number of aromatic nitrogens is 1. The summed E-state index contributed by atoms with van der Waals surface area (Å²) in [5.41, 5.74) is 0.490. The lowest BCUT2D eigenvalue weighted by molar-refractivity contribution is 0.0126. The van der Waals surface area contributed by atoms with Crippen molar-refractivity contribution in [1.29, 1.82) is 0 Å². The summed E-state index contributed by atoms with van der Waals surface area (Å²) in [5, 5.41) is 5.73. The van der Waals surface area contributed by atoms with Crippen LogP contribution in [0.3, 0.4) is 0 Å². The molecule has 2 aliphatic rings. The normalized spacial score (nSPS) is 15.7. The summed E-state index contributed by atoms with van der Waals surface area (Å²) in [7, 11) is 0. The van der Waals surface area contributed by atoms with Gasteiger partial charge in [0.2, 0.25) is 0 Å². The number of anilines is 3. The molecule has 3 heterocycles. The predicted molar refractivity (Wildman–Crippen MR) is 172 cm³/mol. The standard InChI is InChI=1S/C33H37ClFN5O6/c1-33(2,3)46-32(43)40-12-10-24(11-13-40)45-28-19-23(39-14-16-44-17-15-39)6-8-26(28)31(42)37-27-18-22(35)5-7-25(27)30(41)38-29-9-4-21(34)20-36-29/h4-9,18-20,24H,10-17H2,1-3H3,(H,37,42)(H,36,38,41). The van der Waals surface area contributed by atoms with Crippen molar-refractivity contribution in [2.45, 2.75) is 45.3 Å². The van der Waals surface area contributed by atoms with Crippen LogP contribution in [0.2, 0.25) is 5.02 Å². The Morgan fingerprint density at radius 3 is 2.30 bits per heavy atom. The summed E-state index contributed by atoms with van der Waals surface area (Å²) < 4.78 is 31.8. The van der Waals surface area contributed by atoms with Gasteiger partial charge in [-0.05, 0) is 63.2 Å². The topological polar surface area (TPSA) is 122 Å². The van der Waals surface area contributed by atoms with Gasteiger partial charge in [0.15, 0.2) is 0 Å². The first-order valence-electron chi connectivity index (χ1n) is 15.1. The molecule has 0 spiro atoms. The minimum atomic E-state index is -0.632. The molecule has 5 rings (SSSR count). The molecule has 3 amide bonds. The van der Waals surface area contributed by atoms with Gasteiger partial charge in [-0.15, -0.1) is 0 Å². The number of nitrogens with zero attached hydrogens (tertiary/aromatic N) is 3. The molecule has 2 N–H and O–H groups in total. The summed E-state index contributed by atoms with van der Waals surface area (Å²) >= 11 is 5.89.